The van der Waals surface area contributed by atoms with E-state index in [4.69, 9.17) is 11.6 Å². The van der Waals surface area contributed by atoms with E-state index in [0.717, 1.165) is 19.3 Å². The summed E-state index contributed by atoms with van der Waals surface area (Å²) in [5.74, 6) is -0.710. The number of hydrogen-bond acceptors (Lipinski definition) is 4. The van der Waals surface area contributed by atoms with Crippen molar-refractivity contribution in [2.75, 3.05) is 6.54 Å². The first-order valence-corrected chi connectivity index (χ1v) is 9.87. The van der Waals surface area contributed by atoms with Crippen molar-refractivity contribution in [3.63, 3.8) is 0 Å². The van der Waals surface area contributed by atoms with Crippen molar-refractivity contribution in [1.29, 1.82) is 0 Å². The van der Waals surface area contributed by atoms with E-state index in [9.17, 15) is 14.4 Å². The molecule has 3 amide bonds. The molecule has 6 nitrogen and oxygen atoms in total. The maximum atomic E-state index is 12.2. The fourth-order valence-corrected chi connectivity index (χ4v) is 4.28. The highest BCUT2D eigenvalue weighted by Crippen LogP contribution is 2.32. The molecule has 27 heavy (non-hydrogen) atoms. The zero-order valence-corrected chi connectivity index (χ0v) is 16.4. The van der Waals surface area contributed by atoms with Gasteiger partial charge in [0.2, 0.25) is 0 Å². The molecule has 142 valence electrons. The van der Waals surface area contributed by atoms with E-state index in [0.29, 0.717) is 15.8 Å². The molecule has 3 N–H and O–H groups in total. The van der Waals surface area contributed by atoms with E-state index in [-0.39, 0.29) is 18.0 Å². The number of aryl methyl sites for hydroxylation is 1. The second-order valence-electron chi connectivity index (χ2n) is 6.57. The minimum atomic E-state index is -0.529. The first-order chi connectivity index (χ1) is 12.9. The van der Waals surface area contributed by atoms with Crippen LogP contribution in [0.5, 0.6) is 0 Å². The van der Waals surface area contributed by atoms with Crippen molar-refractivity contribution in [1.82, 2.24) is 16.2 Å². The first kappa shape index (κ1) is 19.4. The van der Waals surface area contributed by atoms with Gasteiger partial charge in [-0.2, -0.15) is 0 Å². The van der Waals surface area contributed by atoms with Gasteiger partial charge in [-0.15, -0.1) is 11.3 Å². The van der Waals surface area contributed by atoms with Gasteiger partial charge < -0.3 is 5.32 Å². The van der Waals surface area contributed by atoms with Crippen LogP contribution in [0, 0.1) is 5.92 Å². The van der Waals surface area contributed by atoms with Gasteiger partial charge >= 0.3 is 0 Å². The highest BCUT2D eigenvalue weighted by atomic mass is 35.5. The molecule has 1 atom stereocenters. The monoisotopic (exact) mass is 405 g/mol. The van der Waals surface area contributed by atoms with Crippen molar-refractivity contribution in [3.05, 3.63) is 56.2 Å². The molecule has 3 rings (SSSR count). The third-order valence-corrected chi connectivity index (χ3v) is 5.96. The predicted molar refractivity (Wildman–Crippen MR) is 105 cm³/mol. The Morgan fingerprint density at radius 1 is 1.19 bits per heavy atom. The predicted octanol–water partition coefficient (Wildman–Crippen LogP) is 2.72. The molecule has 1 aromatic heterocycles. The molecule has 0 spiro atoms. The zero-order chi connectivity index (χ0) is 19.4. The van der Waals surface area contributed by atoms with Crippen LogP contribution in [-0.4, -0.2) is 24.3 Å². The van der Waals surface area contributed by atoms with E-state index in [1.54, 1.807) is 24.3 Å². The largest absolute Gasteiger partial charge is 0.343 e. The molecule has 2 aromatic rings. The number of halogens is 1. The molecule has 8 heteroatoms. The Balaban J connectivity index is 1.47. The van der Waals surface area contributed by atoms with Gasteiger partial charge in [0.25, 0.3) is 17.7 Å². The summed E-state index contributed by atoms with van der Waals surface area (Å²) in [6, 6.07) is 8.46. The maximum Gasteiger partial charge on any atom is 0.279 e. The summed E-state index contributed by atoms with van der Waals surface area (Å²) in [5.41, 5.74) is 6.21. The minimum Gasteiger partial charge on any atom is -0.343 e. The minimum absolute atomic E-state index is 0.275. The van der Waals surface area contributed by atoms with Crippen LogP contribution >= 0.6 is 22.9 Å². The molecule has 1 aliphatic rings. The summed E-state index contributed by atoms with van der Waals surface area (Å²) in [4.78, 5) is 37.9. The highest BCUT2D eigenvalue weighted by Gasteiger charge is 2.21. The number of nitrogens with one attached hydrogen (secondary N) is 3. The SMILES string of the molecule is CC1CCc2sc(C(=O)NNC(=O)CNC(=O)c3ccccc3Cl)cc2C1. The number of rotatable bonds is 4. The molecule has 0 radical (unpaired) electrons. The zero-order valence-electron chi connectivity index (χ0n) is 14.8. The normalized spacial score (nSPS) is 15.6. The summed E-state index contributed by atoms with van der Waals surface area (Å²) >= 11 is 7.41. The van der Waals surface area contributed by atoms with Crippen LogP contribution in [0.15, 0.2) is 30.3 Å². The number of carbonyl (C=O) groups is 3. The van der Waals surface area contributed by atoms with Crippen LogP contribution in [-0.2, 0) is 17.6 Å². The Labute approximate surface area is 166 Å². The Morgan fingerprint density at radius 3 is 2.74 bits per heavy atom. The lowest BCUT2D eigenvalue weighted by Crippen LogP contribution is -2.46. The Morgan fingerprint density at radius 2 is 1.96 bits per heavy atom. The van der Waals surface area contributed by atoms with Gasteiger partial charge in [-0.25, -0.2) is 0 Å². The molecule has 0 saturated carbocycles. The van der Waals surface area contributed by atoms with E-state index in [1.165, 1.54) is 21.8 Å². The van der Waals surface area contributed by atoms with Gasteiger partial charge in [-0.05, 0) is 48.9 Å². The third-order valence-electron chi connectivity index (χ3n) is 4.40. The molecular weight excluding hydrogens is 386 g/mol. The average Bonchev–Trinajstić information content (AvgIpc) is 3.07. The summed E-state index contributed by atoms with van der Waals surface area (Å²) in [6.07, 6.45) is 3.12. The van der Waals surface area contributed by atoms with Gasteiger partial charge in [0.1, 0.15) is 0 Å². The smallest absolute Gasteiger partial charge is 0.279 e. The highest BCUT2D eigenvalue weighted by molar-refractivity contribution is 7.14. The molecule has 0 aliphatic heterocycles. The fourth-order valence-electron chi connectivity index (χ4n) is 2.95. The Bertz CT molecular complexity index is 881. The Kier molecular flexibility index (Phi) is 6.13. The van der Waals surface area contributed by atoms with Crippen LogP contribution in [0.1, 0.15) is 43.8 Å². The number of hydrogen-bond donors (Lipinski definition) is 3. The lowest BCUT2D eigenvalue weighted by Gasteiger charge is -2.16. The maximum absolute atomic E-state index is 12.2. The number of fused-ring (bicyclic) bond motifs is 1. The topological polar surface area (TPSA) is 87.3 Å². The Hall–Kier alpha value is -2.38. The van der Waals surface area contributed by atoms with Crippen molar-refractivity contribution in [3.8, 4) is 0 Å². The molecule has 1 heterocycles. The van der Waals surface area contributed by atoms with Gasteiger partial charge in [0.15, 0.2) is 0 Å². The third kappa shape index (κ3) is 4.87. The number of carbonyl (C=O) groups excluding carboxylic acids is 3. The summed E-state index contributed by atoms with van der Waals surface area (Å²) in [6.45, 7) is 1.93. The van der Waals surface area contributed by atoms with Crippen LogP contribution in [0.4, 0.5) is 0 Å². The molecular formula is C19H20ClN3O3S. The van der Waals surface area contributed by atoms with E-state index >= 15 is 0 Å². The molecule has 1 aromatic carbocycles. The lowest BCUT2D eigenvalue weighted by atomic mass is 9.90. The number of hydrazine groups is 1. The van der Waals surface area contributed by atoms with Crippen molar-refractivity contribution >= 4 is 40.7 Å². The van der Waals surface area contributed by atoms with Gasteiger partial charge in [0, 0.05) is 4.88 Å². The van der Waals surface area contributed by atoms with Crippen LogP contribution in [0.2, 0.25) is 5.02 Å². The first-order valence-electron chi connectivity index (χ1n) is 8.67. The van der Waals surface area contributed by atoms with Crippen LogP contribution in [0.25, 0.3) is 0 Å². The summed E-state index contributed by atoms with van der Waals surface area (Å²) in [5, 5.41) is 2.77. The van der Waals surface area contributed by atoms with Gasteiger partial charge in [0.05, 0.1) is 22.0 Å². The second kappa shape index (κ2) is 8.54. The summed E-state index contributed by atoms with van der Waals surface area (Å²) < 4.78 is 0. The standard InChI is InChI=1S/C19H20ClN3O3S/c1-11-6-7-15-12(8-11)9-16(27-15)19(26)23-22-17(24)10-21-18(25)13-4-2-3-5-14(13)20/h2-5,9,11H,6-8,10H2,1H3,(H,21,25)(H,22,24)(H,23,26). The molecule has 1 aliphatic carbocycles. The molecule has 0 fully saturated rings. The number of benzene rings is 1. The molecule has 1 unspecified atom stereocenters. The lowest BCUT2D eigenvalue weighted by molar-refractivity contribution is -0.120. The van der Waals surface area contributed by atoms with Crippen LogP contribution < -0.4 is 16.2 Å². The number of amides is 3. The van der Waals surface area contributed by atoms with E-state index in [1.807, 2.05) is 6.07 Å². The van der Waals surface area contributed by atoms with Gasteiger partial charge in [-0.1, -0.05) is 30.7 Å². The van der Waals surface area contributed by atoms with Crippen molar-refractivity contribution in [2.45, 2.75) is 26.2 Å². The fraction of sp³-hybridized carbons (Fsp3) is 0.316. The average molecular weight is 406 g/mol. The quantitative estimate of drug-likeness (QED) is 0.683. The van der Waals surface area contributed by atoms with E-state index in [2.05, 4.69) is 23.1 Å². The molecule has 0 saturated heterocycles. The summed E-state index contributed by atoms with van der Waals surface area (Å²) in [7, 11) is 0. The van der Waals surface area contributed by atoms with Gasteiger partial charge in [-0.3, -0.25) is 25.2 Å². The number of thiophene rings is 1. The van der Waals surface area contributed by atoms with Crippen molar-refractivity contribution in [2.24, 2.45) is 5.92 Å². The van der Waals surface area contributed by atoms with Crippen LogP contribution in [0.3, 0.4) is 0 Å². The van der Waals surface area contributed by atoms with Crippen molar-refractivity contribution < 1.29 is 14.4 Å². The molecule has 0 bridgehead atoms. The van der Waals surface area contributed by atoms with E-state index < -0.39 is 11.8 Å². The second-order valence-corrected chi connectivity index (χ2v) is 8.12.